The second-order valence-electron chi connectivity index (χ2n) is 5.95. The number of thioether (sulfide) groups is 1. The van der Waals surface area contributed by atoms with Crippen LogP contribution in [0.15, 0.2) is 52.9 Å². The molecule has 0 spiro atoms. The van der Waals surface area contributed by atoms with Gasteiger partial charge in [-0.15, -0.1) is 10.2 Å². The summed E-state index contributed by atoms with van der Waals surface area (Å²) in [6.07, 6.45) is 1.01. The van der Waals surface area contributed by atoms with Crippen LogP contribution in [0.1, 0.15) is 17.5 Å². The summed E-state index contributed by atoms with van der Waals surface area (Å²) in [5.41, 5.74) is 1.79. The summed E-state index contributed by atoms with van der Waals surface area (Å²) in [5, 5.41) is 22.2. The number of carbonyl (C=O) groups excluding carboxylic acids is 1. The second kappa shape index (κ2) is 9.99. The van der Waals surface area contributed by atoms with Crippen molar-refractivity contribution in [2.24, 2.45) is 0 Å². The van der Waals surface area contributed by atoms with Gasteiger partial charge in [-0.1, -0.05) is 53.4 Å². The smallest absolute Gasteiger partial charge is 0.270 e. The lowest BCUT2D eigenvalue weighted by molar-refractivity contribution is -0.384. The van der Waals surface area contributed by atoms with Gasteiger partial charge in [0.05, 0.1) is 12.0 Å². The topological polar surface area (TPSA) is 107 Å². The molecule has 29 heavy (non-hydrogen) atoms. The van der Waals surface area contributed by atoms with Crippen molar-refractivity contribution in [1.29, 1.82) is 0 Å². The first kappa shape index (κ1) is 20.7. The van der Waals surface area contributed by atoms with Crippen LogP contribution in [0.25, 0.3) is 0 Å². The summed E-state index contributed by atoms with van der Waals surface area (Å²) in [4.78, 5) is 22.6. The Morgan fingerprint density at radius 2 is 2.03 bits per heavy atom. The number of nitro groups is 1. The zero-order chi connectivity index (χ0) is 20.6. The van der Waals surface area contributed by atoms with Gasteiger partial charge in [0.1, 0.15) is 5.75 Å². The fourth-order valence-corrected chi connectivity index (χ4v) is 4.28. The van der Waals surface area contributed by atoms with Crippen LogP contribution < -0.4 is 10.1 Å². The molecule has 0 aliphatic heterocycles. The highest BCUT2D eigenvalue weighted by molar-refractivity contribution is 8.00. The fraction of sp³-hybridized carbons (Fsp3) is 0.211. The number of rotatable bonds is 9. The molecular weight excluding hydrogens is 412 g/mol. The van der Waals surface area contributed by atoms with Crippen molar-refractivity contribution in [3.8, 4) is 5.75 Å². The van der Waals surface area contributed by atoms with Crippen LogP contribution in [0.2, 0.25) is 0 Å². The molecule has 150 valence electrons. The molecule has 0 saturated carbocycles. The van der Waals surface area contributed by atoms with E-state index in [0.29, 0.717) is 39.4 Å². The first-order valence-corrected chi connectivity index (χ1v) is 10.5. The maximum absolute atomic E-state index is 12.1. The van der Waals surface area contributed by atoms with Crippen LogP contribution in [0.5, 0.6) is 5.75 Å². The SMILES string of the molecule is COc1ccc([N+](=O)[O-])cc1CSc1nnc(NC(=O)CCc2ccccc2)s1. The van der Waals surface area contributed by atoms with Gasteiger partial charge in [-0.05, 0) is 18.1 Å². The highest BCUT2D eigenvalue weighted by Crippen LogP contribution is 2.33. The molecule has 10 heteroatoms. The maximum Gasteiger partial charge on any atom is 0.270 e. The van der Waals surface area contributed by atoms with Gasteiger partial charge in [0.2, 0.25) is 11.0 Å². The third-order valence-electron chi connectivity index (χ3n) is 3.96. The Morgan fingerprint density at radius 1 is 1.24 bits per heavy atom. The summed E-state index contributed by atoms with van der Waals surface area (Å²) in [7, 11) is 1.52. The molecule has 0 saturated heterocycles. The fourth-order valence-electron chi connectivity index (χ4n) is 2.53. The Bertz CT molecular complexity index is 995. The molecule has 0 atom stereocenters. The predicted molar refractivity (Wildman–Crippen MR) is 113 cm³/mol. The predicted octanol–water partition coefficient (Wildman–Crippen LogP) is 4.32. The number of carbonyl (C=O) groups is 1. The molecule has 3 aromatic rings. The normalized spacial score (nSPS) is 10.5. The van der Waals surface area contributed by atoms with E-state index < -0.39 is 4.92 Å². The summed E-state index contributed by atoms with van der Waals surface area (Å²) in [5.74, 6) is 0.880. The van der Waals surface area contributed by atoms with Crippen molar-refractivity contribution in [3.05, 3.63) is 69.8 Å². The molecule has 0 unspecified atom stereocenters. The number of hydrogen-bond donors (Lipinski definition) is 1. The minimum atomic E-state index is -0.443. The third-order valence-corrected chi connectivity index (χ3v) is 5.98. The average Bonchev–Trinajstić information content (AvgIpc) is 3.18. The highest BCUT2D eigenvalue weighted by Gasteiger charge is 2.14. The molecular formula is C19H18N4O4S2. The molecule has 2 aromatic carbocycles. The first-order chi connectivity index (χ1) is 14.0. The molecule has 1 heterocycles. The number of nitrogens with one attached hydrogen (secondary N) is 1. The third kappa shape index (κ3) is 6.00. The number of ether oxygens (including phenoxy) is 1. The van der Waals surface area contributed by atoms with E-state index in [1.54, 1.807) is 6.07 Å². The zero-order valence-corrected chi connectivity index (χ0v) is 17.2. The number of aryl methyl sites for hydroxylation is 1. The molecule has 0 aliphatic rings. The lowest BCUT2D eigenvalue weighted by atomic mass is 10.1. The standard InChI is InChI=1S/C19H18N4O4S2/c1-27-16-9-8-15(23(25)26)11-14(16)12-28-19-22-21-18(29-19)20-17(24)10-7-13-5-3-2-4-6-13/h2-6,8-9,11H,7,10,12H2,1H3,(H,20,21,24). The summed E-state index contributed by atoms with van der Waals surface area (Å²) >= 11 is 2.63. The van der Waals surface area contributed by atoms with Gasteiger partial charge in [0, 0.05) is 29.9 Å². The van der Waals surface area contributed by atoms with Crippen molar-refractivity contribution in [2.45, 2.75) is 22.9 Å². The Morgan fingerprint density at radius 3 is 2.76 bits per heavy atom. The largest absolute Gasteiger partial charge is 0.496 e. The molecule has 8 nitrogen and oxygen atoms in total. The lowest BCUT2D eigenvalue weighted by Crippen LogP contribution is -2.12. The lowest BCUT2D eigenvalue weighted by Gasteiger charge is -2.06. The van der Waals surface area contributed by atoms with Crippen molar-refractivity contribution < 1.29 is 14.5 Å². The van der Waals surface area contributed by atoms with Crippen molar-refractivity contribution in [3.63, 3.8) is 0 Å². The van der Waals surface area contributed by atoms with Gasteiger partial charge in [-0.2, -0.15) is 0 Å². The zero-order valence-electron chi connectivity index (χ0n) is 15.5. The number of aromatic nitrogens is 2. The molecule has 1 N–H and O–H groups in total. The number of nitro benzene ring substituents is 1. The summed E-state index contributed by atoms with van der Waals surface area (Å²) in [6.45, 7) is 0. The highest BCUT2D eigenvalue weighted by atomic mass is 32.2. The van der Waals surface area contributed by atoms with E-state index in [2.05, 4.69) is 15.5 Å². The van der Waals surface area contributed by atoms with Crippen LogP contribution >= 0.6 is 23.1 Å². The maximum atomic E-state index is 12.1. The van der Waals surface area contributed by atoms with Gasteiger partial charge in [-0.3, -0.25) is 14.9 Å². The Balaban J connectivity index is 1.54. The van der Waals surface area contributed by atoms with Crippen molar-refractivity contribution in [1.82, 2.24) is 10.2 Å². The van der Waals surface area contributed by atoms with Gasteiger partial charge >= 0.3 is 0 Å². The number of amides is 1. The van der Waals surface area contributed by atoms with E-state index in [4.69, 9.17) is 4.74 Å². The molecule has 1 aromatic heterocycles. The number of non-ortho nitro benzene ring substituents is 1. The Hall–Kier alpha value is -2.98. The van der Waals surface area contributed by atoms with Crippen LogP contribution in [0.3, 0.4) is 0 Å². The quantitative estimate of drug-likeness (QED) is 0.233. The van der Waals surface area contributed by atoms with E-state index >= 15 is 0 Å². The number of hydrogen-bond acceptors (Lipinski definition) is 8. The molecule has 0 fully saturated rings. The van der Waals surface area contributed by atoms with E-state index in [0.717, 1.165) is 5.56 Å². The minimum absolute atomic E-state index is 0.00466. The second-order valence-corrected chi connectivity index (χ2v) is 8.15. The van der Waals surface area contributed by atoms with Gasteiger partial charge in [0.25, 0.3) is 5.69 Å². The van der Waals surface area contributed by atoms with Crippen LogP contribution in [0, 0.1) is 10.1 Å². The van der Waals surface area contributed by atoms with Crippen molar-refractivity contribution in [2.75, 3.05) is 12.4 Å². The number of anilines is 1. The summed E-state index contributed by atoms with van der Waals surface area (Å²) < 4.78 is 5.91. The summed E-state index contributed by atoms with van der Waals surface area (Å²) in [6, 6.07) is 14.2. The Labute approximate surface area is 175 Å². The molecule has 0 bridgehead atoms. The minimum Gasteiger partial charge on any atom is -0.496 e. The van der Waals surface area contributed by atoms with E-state index in [1.807, 2.05) is 30.3 Å². The number of nitrogens with zero attached hydrogens (tertiary/aromatic N) is 3. The van der Waals surface area contributed by atoms with Crippen LogP contribution in [0.4, 0.5) is 10.8 Å². The Kier molecular flexibility index (Phi) is 7.14. The molecule has 3 rings (SSSR count). The van der Waals surface area contributed by atoms with E-state index in [1.165, 1.54) is 42.3 Å². The van der Waals surface area contributed by atoms with Gasteiger partial charge in [0.15, 0.2) is 4.34 Å². The van der Waals surface area contributed by atoms with Crippen molar-refractivity contribution >= 4 is 39.8 Å². The average molecular weight is 431 g/mol. The van der Waals surface area contributed by atoms with Gasteiger partial charge in [-0.25, -0.2) is 0 Å². The van der Waals surface area contributed by atoms with Crippen LogP contribution in [-0.2, 0) is 17.0 Å². The molecule has 0 aliphatic carbocycles. The number of benzene rings is 2. The molecule has 0 radical (unpaired) electrons. The van der Waals surface area contributed by atoms with E-state index in [-0.39, 0.29) is 11.6 Å². The number of methoxy groups -OCH3 is 1. The first-order valence-electron chi connectivity index (χ1n) is 8.66. The molecule has 1 amide bonds. The van der Waals surface area contributed by atoms with Crippen LogP contribution in [-0.4, -0.2) is 28.1 Å². The van der Waals surface area contributed by atoms with E-state index in [9.17, 15) is 14.9 Å². The monoisotopic (exact) mass is 430 g/mol. The van der Waals surface area contributed by atoms with Gasteiger partial charge < -0.3 is 10.1 Å².